The van der Waals surface area contributed by atoms with E-state index in [1.807, 2.05) is 0 Å². The first-order valence-electron chi connectivity index (χ1n) is 6.82. The van der Waals surface area contributed by atoms with Crippen LogP contribution in [0.3, 0.4) is 0 Å². The van der Waals surface area contributed by atoms with E-state index in [1.54, 1.807) is 0 Å². The smallest absolute Gasteiger partial charge is 0.246 e. The summed E-state index contributed by atoms with van der Waals surface area (Å²) in [6.45, 7) is 4.33. The highest BCUT2D eigenvalue weighted by atomic mass is 16.5. The summed E-state index contributed by atoms with van der Waals surface area (Å²) in [5.74, 6) is -0.00200. The fraction of sp³-hybridized carbons (Fsp3) is 0.923. The Kier molecular flexibility index (Phi) is 6.52. The van der Waals surface area contributed by atoms with Crippen LogP contribution in [0.25, 0.3) is 0 Å². The summed E-state index contributed by atoms with van der Waals surface area (Å²) in [6, 6.07) is 0.524. The van der Waals surface area contributed by atoms with Gasteiger partial charge in [-0.15, -0.1) is 0 Å². The van der Waals surface area contributed by atoms with Crippen LogP contribution in [0, 0.1) is 0 Å². The van der Waals surface area contributed by atoms with E-state index in [0.29, 0.717) is 0 Å². The van der Waals surface area contributed by atoms with Crippen LogP contribution in [0.5, 0.6) is 0 Å². The van der Waals surface area contributed by atoms with E-state index in [0.717, 1.165) is 38.5 Å². The average molecular weight is 242 g/mol. The van der Waals surface area contributed by atoms with Crippen LogP contribution in [-0.4, -0.2) is 30.7 Å². The Morgan fingerprint density at radius 2 is 2.12 bits per heavy atom. The van der Waals surface area contributed by atoms with Gasteiger partial charge in [-0.2, -0.15) is 0 Å². The first-order chi connectivity index (χ1) is 8.15. The van der Waals surface area contributed by atoms with Crippen molar-refractivity contribution in [3.05, 3.63) is 0 Å². The second kappa shape index (κ2) is 7.67. The summed E-state index contributed by atoms with van der Waals surface area (Å²) in [6.07, 6.45) is 6.23. The second-order valence-corrected chi connectivity index (χ2v) is 4.94. The maximum Gasteiger partial charge on any atom is 0.246 e. The van der Waals surface area contributed by atoms with Gasteiger partial charge in [0.1, 0.15) is 6.61 Å². The number of amides is 1. The van der Waals surface area contributed by atoms with Gasteiger partial charge in [0.15, 0.2) is 0 Å². The van der Waals surface area contributed by atoms with Gasteiger partial charge in [-0.05, 0) is 38.5 Å². The van der Waals surface area contributed by atoms with Gasteiger partial charge in [0, 0.05) is 12.1 Å². The molecular weight excluding hydrogens is 216 g/mol. The molecule has 2 atom stereocenters. The van der Waals surface area contributed by atoms with Crippen molar-refractivity contribution in [3.63, 3.8) is 0 Å². The highest BCUT2D eigenvalue weighted by molar-refractivity contribution is 5.77. The first-order valence-corrected chi connectivity index (χ1v) is 6.82. The fourth-order valence-electron chi connectivity index (χ4n) is 2.29. The summed E-state index contributed by atoms with van der Waals surface area (Å²) < 4.78 is 5.61. The Morgan fingerprint density at radius 3 is 2.71 bits per heavy atom. The lowest BCUT2D eigenvalue weighted by atomic mass is 9.94. The highest BCUT2D eigenvalue weighted by Gasteiger charge is 2.20. The Hall–Kier alpha value is -0.610. The molecule has 0 aromatic heterocycles. The zero-order chi connectivity index (χ0) is 12.7. The monoisotopic (exact) mass is 242 g/mol. The lowest BCUT2D eigenvalue weighted by Gasteiger charge is -2.26. The summed E-state index contributed by atoms with van der Waals surface area (Å²) >= 11 is 0. The lowest BCUT2D eigenvalue weighted by molar-refractivity contribution is -0.129. The van der Waals surface area contributed by atoms with E-state index < -0.39 is 0 Å². The average Bonchev–Trinajstić information content (AvgIpc) is 2.33. The van der Waals surface area contributed by atoms with Crippen LogP contribution >= 0.6 is 0 Å². The third-order valence-electron chi connectivity index (χ3n) is 3.47. The quantitative estimate of drug-likeness (QED) is 0.743. The zero-order valence-electron chi connectivity index (χ0n) is 11.1. The van der Waals surface area contributed by atoms with E-state index in [2.05, 4.69) is 19.2 Å². The number of ether oxygens (including phenoxy) is 1. The molecule has 1 saturated carbocycles. The number of carbonyl (C=O) groups excluding carboxylic acids is 1. The molecular formula is C13H26N2O2. The van der Waals surface area contributed by atoms with Gasteiger partial charge >= 0.3 is 0 Å². The molecule has 3 N–H and O–H groups in total. The molecule has 4 nitrogen and oxygen atoms in total. The Labute approximate surface area is 104 Å². The molecule has 0 aromatic carbocycles. The number of hydrogen-bond acceptors (Lipinski definition) is 3. The lowest BCUT2D eigenvalue weighted by Crippen LogP contribution is -2.39. The van der Waals surface area contributed by atoms with E-state index in [9.17, 15) is 4.79 Å². The maximum absolute atomic E-state index is 11.6. The predicted molar refractivity (Wildman–Crippen MR) is 68.7 cm³/mol. The summed E-state index contributed by atoms with van der Waals surface area (Å²) in [5.41, 5.74) is 5.87. The molecule has 100 valence electrons. The van der Waals surface area contributed by atoms with Crippen molar-refractivity contribution in [2.45, 2.75) is 70.6 Å². The molecule has 1 amide bonds. The molecule has 0 saturated heterocycles. The molecule has 0 aliphatic heterocycles. The van der Waals surface area contributed by atoms with Crippen molar-refractivity contribution < 1.29 is 9.53 Å². The van der Waals surface area contributed by atoms with Crippen molar-refractivity contribution >= 4 is 5.91 Å². The standard InChI is InChI=1S/C13H26N2O2/c1-3-11(4-2)15-13(16)9-17-12-7-5-6-10(14)8-12/h10-12H,3-9,14H2,1-2H3,(H,15,16). The molecule has 1 aliphatic rings. The normalized spacial score (nSPS) is 24.9. The van der Waals surface area contributed by atoms with E-state index >= 15 is 0 Å². The van der Waals surface area contributed by atoms with Gasteiger partial charge in [0.2, 0.25) is 5.91 Å². The van der Waals surface area contributed by atoms with Gasteiger partial charge in [-0.3, -0.25) is 4.79 Å². The van der Waals surface area contributed by atoms with Crippen molar-refractivity contribution in [2.24, 2.45) is 5.73 Å². The minimum Gasteiger partial charge on any atom is -0.368 e. The Morgan fingerprint density at radius 1 is 1.41 bits per heavy atom. The van der Waals surface area contributed by atoms with E-state index in [-0.39, 0.29) is 30.7 Å². The van der Waals surface area contributed by atoms with Crippen LogP contribution in [0.2, 0.25) is 0 Å². The fourth-order valence-corrected chi connectivity index (χ4v) is 2.29. The Balaban J connectivity index is 2.18. The maximum atomic E-state index is 11.6. The number of rotatable bonds is 6. The van der Waals surface area contributed by atoms with E-state index in [1.165, 1.54) is 0 Å². The second-order valence-electron chi connectivity index (χ2n) is 4.94. The molecule has 0 heterocycles. The van der Waals surface area contributed by atoms with E-state index in [4.69, 9.17) is 10.5 Å². The summed E-state index contributed by atoms with van der Waals surface area (Å²) in [7, 11) is 0. The molecule has 17 heavy (non-hydrogen) atoms. The molecule has 1 aliphatic carbocycles. The van der Waals surface area contributed by atoms with Crippen LogP contribution < -0.4 is 11.1 Å². The topological polar surface area (TPSA) is 64.3 Å². The van der Waals surface area contributed by atoms with Gasteiger partial charge in [-0.25, -0.2) is 0 Å². The largest absolute Gasteiger partial charge is 0.368 e. The van der Waals surface area contributed by atoms with Crippen molar-refractivity contribution in [2.75, 3.05) is 6.61 Å². The molecule has 0 spiro atoms. The van der Waals surface area contributed by atoms with Crippen LogP contribution in [-0.2, 0) is 9.53 Å². The number of hydrogen-bond donors (Lipinski definition) is 2. The Bertz CT molecular complexity index is 229. The number of nitrogens with two attached hydrogens (primary N) is 1. The van der Waals surface area contributed by atoms with Crippen molar-refractivity contribution in [1.82, 2.24) is 5.32 Å². The molecule has 2 unspecified atom stereocenters. The van der Waals surface area contributed by atoms with Crippen molar-refractivity contribution in [1.29, 1.82) is 0 Å². The van der Waals surface area contributed by atoms with Crippen LogP contribution in [0.15, 0.2) is 0 Å². The summed E-state index contributed by atoms with van der Waals surface area (Å²) in [5, 5.41) is 2.97. The van der Waals surface area contributed by atoms with Crippen LogP contribution in [0.4, 0.5) is 0 Å². The van der Waals surface area contributed by atoms with Gasteiger partial charge in [-0.1, -0.05) is 13.8 Å². The van der Waals surface area contributed by atoms with Gasteiger partial charge in [0.25, 0.3) is 0 Å². The van der Waals surface area contributed by atoms with Crippen LogP contribution in [0.1, 0.15) is 52.4 Å². The van der Waals surface area contributed by atoms with Gasteiger partial charge in [0.05, 0.1) is 6.10 Å². The third kappa shape index (κ3) is 5.50. The number of nitrogens with one attached hydrogen (secondary N) is 1. The molecule has 4 heteroatoms. The minimum absolute atomic E-state index is 0.00200. The molecule has 0 radical (unpaired) electrons. The highest BCUT2D eigenvalue weighted by Crippen LogP contribution is 2.19. The molecule has 0 bridgehead atoms. The predicted octanol–water partition coefficient (Wildman–Crippen LogP) is 1.58. The molecule has 1 rings (SSSR count). The SMILES string of the molecule is CCC(CC)NC(=O)COC1CCCC(N)C1. The molecule has 1 fully saturated rings. The van der Waals surface area contributed by atoms with Gasteiger partial charge < -0.3 is 15.8 Å². The minimum atomic E-state index is -0.00200. The summed E-state index contributed by atoms with van der Waals surface area (Å²) in [4.78, 5) is 11.6. The molecule has 0 aromatic rings. The third-order valence-corrected chi connectivity index (χ3v) is 3.47. The number of carbonyl (C=O) groups is 1. The van der Waals surface area contributed by atoms with Crippen molar-refractivity contribution in [3.8, 4) is 0 Å². The zero-order valence-corrected chi connectivity index (χ0v) is 11.1. The first kappa shape index (κ1) is 14.5.